The number of aryl methyl sites for hydroxylation is 1. The molecule has 0 bridgehead atoms. The number of hydrogen-bond acceptors (Lipinski definition) is 3. The zero-order chi connectivity index (χ0) is 11.7. The minimum Gasteiger partial charge on any atom is -0.383 e. The van der Waals surface area contributed by atoms with E-state index < -0.39 is 0 Å². The van der Waals surface area contributed by atoms with Gasteiger partial charge in [-0.05, 0) is 37.6 Å². The molecule has 1 aromatic heterocycles. The van der Waals surface area contributed by atoms with E-state index in [1.54, 1.807) is 6.07 Å². The fourth-order valence-corrected chi connectivity index (χ4v) is 1.63. The van der Waals surface area contributed by atoms with Gasteiger partial charge >= 0.3 is 0 Å². The Labute approximate surface area is 93.2 Å². The summed E-state index contributed by atoms with van der Waals surface area (Å²) in [5, 5.41) is 0. The highest BCUT2D eigenvalue weighted by molar-refractivity contribution is 5.69. The molecule has 0 fully saturated rings. The van der Waals surface area contributed by atoms with Crippen molar-refractivity contribution >= 4 is 5.82 Å². The largest absolute Gasteiger partial charge is 0.383 e. The van der Waals surface area contributed by atoms with Gasteiger partial charge in [-0.15, -0.1) is 0 Å². The molecule has 0 aliphatic carbocycles. The third kappa shape index (κ3) is 1.74. The second-order valence-electron chi connectivity index (χ2n) is 3.69. The number of aromatic nitrogens is 2. The van der Waals surface area contributed by atoms with Gasteiger partial charge in [-0.3, -0.25) is 0 Å². The van der Waals surface area contributed by atoms with Gasteiger partial charge in [-0.2, -0.15) is 0 Å². The Morgan fingerprint density at radius 3 is 2.62 bits per heavy atom. The van der Waals surface area contributed by atoms with Crippen LogP contribution in [0, 0.1) is 19.7 Å². The molecule has 0 aliphatic rings. The molecule has 0 amide bonds. The second-order valence-corrected chi connectivity index (χ2v) is 3.69. The van der Waals surface area contributed by atoms with Gasteiger partial charge < -0.3 is 5.73 Å². The average molecular weight is 217 g/mol. The first-order valence-electron chi connectivity index (χ1n) is 4.93. The quantitative estimate of drug-likeness (QED) is 0.798. The van der Waals surface area contributed by atoms with Crippen molar-refractivity contribution in [2.75, 3.05) is 5.73 Å². The van der Waals surface area contributed by atoms with E-state index in [4.69, 9.17) is 5.73 Å². The van der Waals surface area contributed by atoms with E-state index in [0.717, 1.165) is 22.4 Å². The number of hydrogen-bond donors (Lipinski definition) is 1. The topological polar surface area (TPSA) is 51.8 Å². The summed E-state index contributed by atoms with van der Waals surface area (Å²) in [6.45, 7) is 3.70. The first-order valence-corrected chi connectivity index (χ1v) is 4.93. The van der Waals surface area contributed by atoms with Gasteiger partial charge in [0.15, 0.2) is 0 Å². The number of nitrogen functional groups attached to an aromatic ring is 1. The minimum atomic E-state index is -0.249. The highest BCUT2D eigenvalue weighted by Crippen LogP contribution is 2.26. The number of rotatable bonds is 1. The summed E-state index contributed by atoms with van der Waals surface area (Å²) in [6, 6.07) is 4.60. The van der Waals surface area contributed by atoms with E-state index >= 15 is 0 Å². The molecule has 0 saturated heterocycles. The summed E-state index contributed by atoms with van der Waals surface area (Å²) in [4.78, 5) is 8.09. The van der Waals surface area contributed by atoms with Gasteiger partial charge in [0.05, 0.1) is 5.69 Å². The Kier molecular flexibility index (Phi) is 2.56. The monoisotopic (exact) mass is 217 g/mol. The molecule has 0 radical (unpaired) electrons. The lowest BCUT2D eigenvalue weighted by Crippen LogP contribution is -1.99. The normalized spacial score (nSPS) is 10.4. The molecule has 0 unspecified atom stereocenters. The Hall–Kier alpha value is -1.97. The zero-order valence-corrected chi connectivity index (χ0v) is 9.16. The molecule has 1 heterocycles. The van der Waals surface area contributed by atoms with Crippen molar-refractivity contribution in [2.24, 2.45) is 0 Å². The lowest BCUT2D eigenvalue weighted by Gasteiger charge is -2.09. The lowest BCUT2D eigenvalue weighted by atomic mass is 10.0. The van der Waals surface area contributed by atoms with E-state index in [9.17, 15) is 4.39 Å². The molecule has 2 rings (SSSR count). The van der Waals surface area contributed by atoms with Crippen LogP contribution in [0.2, 0.25) is 0 Å². The molecule has 0 atom stereocenters. The van der Waals surface area contributed by atoms with Crippen LogP contribution in [0.3, 0.4) is 0 Å². The highest BCUT2D eigenvalue weighted by Gasteiger charge is 2.09. The molecule has 2 aromatic rings. The number of nitrogens with zero attached hydrogens (tertiary/aromatic N) is 2. The molecular formula is C12H12FN3. The summed E-state index contributed by atoms with van der Waals surface area (Å²) in [6.07, 6.45) is 1.42. The summed E-state index contributed by atoms with van der Waals surface area (Å²) in [5.41, 5.74) is 9.00. The fraction of sp³-hybridized carbons (Fsp3) is 0.167. The van der Waals surface area contributed by atoms with Crippen LogP contribution in [0.15, 0.2) is 24.5 Å². The van der Waals surface area contributed by atoms with Crippen molar-refractivity contribution in [3.8, 4) is 11.3 Å². The summed E-state index contributed by atoms with van der Waals surface area (Å²) >= 11 is 0. The lowest BCUT2D eigenvalue weighted by molar-refractivity contribution is 0.627. The molecule has 82 valence electrons. The molecule has 0 aliphatic heterocycles. The Morgan fingerprint density at radius 2 is 1.94 bits per heavy atom. The van der Waals surface area contributed by atoms with E-state index in [1.807, 2.05) is 13.8 Å². The van der Waals surface area contributed by atoms with Gasteiger partial charge in [0.1, 0.15) is 18.0 Å². The van der Waals surface area contributed by atoms with Gasteiger partial charge in [0.25, 0.3) is 0 Å². The van der Waals surface area contributed by atoms with Crippen LogP contribution in [0.5, 0.6) is 0 Å². The first-order chi connectivity index (χ1) is 7.59. The predicted octanol–water partition coefficient (Wildman–Crippen LogP) is 2.48. The van der Waals surface area contributed by atoms with E-state index in [1.165, 1.54) is 18.5 Å². The van der Waals surface area contributed by atoms with Gasteiger partial charge in [0.2, 0.25) is 0 Å². The molecule has 1 aromatic carbocycles. The van der Waals surface area contributed by atoms with Crippen LogP contribution in [-0.4, -0.2) is 9.97 Å². The van der Waals surface area contributed by atoms with Crippen molar-refractivity contribution in [3.63, 3.8) is 0 Å². The third-order valence-corrected chi connectivity index (χ3v) is 2.57. The predicted molar refractivity (Wildman–Crippen MR) is 61.3 cm³/mol. The van der Waals surface area contributed by atoms with Gasteiger partial charge in [0, 0.05) is 11.1 Å². The molecule has 0 saturated carbocycles. The maximum Gasteiger partial charge on any atom is 0.130 e. The standard InChI is InChI=1S/C12H12FN3/c1-7-5-9(13)3-4-10(7)11-8(2)12(14)16-6-15-11/h3-6H,1-2H3,(H2,14,15,16). The maximum absolute atomic E-state index is 13.0. The maximum atomic E-state index is 13.0. The first kappa shape index (κ1) is 10.5. The zero-order valence-electron chi connectivity index (χ0n) is 9.16. The third-order valence-electron chi connectivity index (χ3n) is 2.57. The Balaban J connectivity index is 2.63. The molecule has 0 spiro atoms. The van der Waals surface area contributed by atoms with Gasteiger partial charge in [-0.1, -0.05) is 0 Å². The highest BCUT2D eigenvalue weighted by atomic mass is 19.1. The van der Waals surface area contributed by atoms with Crippen LogP contribution in [0.25, 0.3) is 11.3 Å². The fourth-order valence-electron chi connectivity index (χ4n) is 1.63. The summed E-state index contributed by atoms with van der Waals surface area (Å²) < 4.78 is 13.0. The van der Waals surface area contributed by atoms with E-state index in [0.29, 0.717) is 5.82 Å². The molecule has 3 nitrogen and oxygen atoms in total. The van der Waals surface area contributed by atoms with E-state index in [-0.39, 0.29) is 5.82 Å². The summed E-state index contributed by atoms with van der Waals surface area (Å²) in [7, 11) is 0. The minimum absolute atomic E-state index is 0.249. The number of nitrogens with two attached hydrogens (primary N) is 1. The van der Waals surface area contributed by atoms with Crippen molar-refractivity contribution in [3.05, 3.63) is 41.5 Å². The number of halogens is 1. The number of benzene rings is 1. The molecule has 2 N–H and O–H groups in total. The van der Waals surface area contributed by atoms with Crippen LogP contribution in [-0.2, 0) is 0 Å². The van der Waals surface area contributed by atoms with Crippen LogP contribution < -0.4 is 5.73 Å². The van der Waals surface area contributed by atoms with Crippen LogP contribution in [0.1, 0.15) is 11.1 Å². The smallest absolute Gasteiger partial charge is 0.130 e. The molecule has 16 heavy (non-hydrogen) atoms. The Morgan fingerprint density at radius 1 is 1.19 bits per heavy atom. The second kappa shape index (κ2) is 3.89. The molecular weight excluding hydrogens is 205 g/mol. The Bertz CT molecular complexity index is 538. The summed E-state index contributed by atoms with van der Waals surface area (Å²) in [5.74, 6) is 0.203. The van der Waals surface area contributed by atoms with Crippen LogP contribution in [0.4, 0.5) is 10.2 Å². The van der Waals surface area contributed by atoms with Crippen molar-refractivity contribution < 1.29 is 4.39 Å². The van der Waals surface area contributed by atoms with Crippen LogP contribution >= 0.6 is 0 Å². The SMILES string of the molecule is Cc1cc(F)ccc1-c1ncnc(N)c1C. The number of anilines is 1. The van der Waals surface area contributed by atoms with E-state index in [2.05, 4.69) is 9.97 Å². The van der Waals surface area contributed by atoms with Crippen molar-refractivity contribution in [1.29, 1.82) is 0 Å². The molecule has 4 heteroatoms. The van der Waals surface area contributed by atoms with Gasteiger partial charge in [-0.25, -0.2) is 14.4 Å². The van der Waals surface area contributed by atoms with Crippen molar-refractivity contribution in [1.82, 2.24) is 9.97 Å². The average Bonchev–Trinajstić information content (AvgIpc) is 2.23. The van der Waals surface area contributed by atoms with Crippen molar-refractivity contribution in [2.45, 2.75) is 13.8 Å².